The Bertz CT molecular complexity index is 1170. The maximum absolute atomic E-state index is 12.8. The molecule has 2 N–H and O–H groups in total. The van der Waals surface area contributed by atoms with E-state index in [1.165, 1.54) is 35.1 Å². The summed E-state index contributed by atoms with van der Waals surface area (Å²) in [6.07, 6.45) is 2.23. The maximum Gasteiger partial charge on any atom is 0.287 e. The van der Waals surface area contributed by atoms with Crippen LogP contribution in [0.5, 0.6) is 0 Å². The summed E-state index contributed by atoms with van der Waals surface area (Å²) in [5.74, 6) is 0.704. The van der Waals surface area contributed by atoms with Gasteiger partial charge in [0.2, 0.25) is 0 Å². The second-order valence-corrected chi connectivity index (χ2v) is 11.2. The fourth-order valence-corrected chi connectivity index (χ4v) is 5.04. The summed E-state index contributed by atoms with van der Waals surface area (Å²) in [5, 5.41) is 13.4. The van der Waals surface area contributed by atoms with Crippen LogP contribution in [-0.2, 0) is 17.3 Å². The van der Waals surface area contributed by atoms with E-state index in [1.807, 2.05) is 36.4 Å². The van der Waals surface area contributed by atoms with E-state index >= 15 is 0 Å². The van der Waals surface area contributed by atoms with Gasteiger partial charge in [0.25, 0.3) is 5.91 Å². The fraction of sp³-hybridized carbons (Fsp3) is 0.433. The molecule has 1 aromatic heterocycles. The molecule has 0 spiro atoms. The fourth-order valence-electron chi connectivity index (χ4n) is 5.04. The first-order valence-electron chi connectivity index (χ1n) is 12.2. The predicted molar refractivity (Wildman–Crippen MR) is 136 cm³/mol. The van der Waals surface area contributed by atoms with E-state index in [9.17, 15) is 9.90 Å². The minimum Gasteiger partial charge on any atom is -0.456 e. The first kappa shape index (κ1) is 24.3. The number of aryl methyl sites for hydroxylation is 1. The highest BCUT2D eigenvalue weighted by Gasteiger charge is 2.37. The first-order valence-corrected chi connectivity index (χ1v) is 12.2. The Morgan fingerprint density at radius 2 is 1.62 bits per heavy atom. The zero-order chi connectivity index (χ0) is 24.7. The summed E-state index contributed by atoms with van der Waals surface area (Å²) in [4.78, 5) is 12.8. The molecule has 180 valence electrons. The Hall–Kier alpha value is -2.85. The van der Waals surface area contributed by atoms with Gasteiger partial charge >= 0.3 is 0 Å². The molecule has 0 radical (unpaired) electrons. The average molecular weight is 460 g/mol. The second-order valence-electron chi connectivity index (χ2n) is 11.2. The summed E-state index contributed by atoms with van der Waals surface area (Å²) in [6.45, 7) is 13.3. The van der Waals surface area contributed by atoms with Gasteiger partial charge in [0.15, 0.2) is 5.76 Å². The van der Waals surface area contributed by atoms with E-state index in [2.05, 4.69) is 52.1 Å². The molecule has 2 aromatic carbocycles. The monoisotopic (exact) mass is 459 g/mol. The van der Waals surface area contributed by atoms with Gasteiger partial charge < -0.3 is 14.8 Å². The molecule has 1 aliphatic rings. The quantitative estimate of drug-likeness (QED) is 0.450. The summed E-state index contributed by atoms with van der Waals surface area (Å²) < 4.78 is 5.93. The molecule has 0 bridgehead atoms. The van der Waals surface area contributed by atoms with Crippen LogP contribution in [0, 0.1) is 6.92 Å². The van der Waals surface area contributed by atoms with Crippen molar-refractivity contribution in [2.24, 2.45) is 0 Å². The van der Waals surface area contributed by atoms with Gasteiger partial charge in [-0.05, 0) is 77.5 Å². The van der Waals surface area contributed by atoms with Crippen molar-refractivity contribution in [2.75, 3.05) is 0 Å². The van der Waals surface area contributed by atoms with Crippen molar-refractivity contribution in [3.05, 3.63) is 93.9 Å². The van der Waals surface area contributed by atoms with Crippen LogP contribution in [0.4, 0.5) is 0 Å². The van der Waals surface area contributed by atoms with Crippen LogP contribution in [0.1, 0.15) is 97.7 Å². The minimum atomic E-state index is -0.787. The standard InChI is InChI=1S/C30H37NO3/c1-19-16-24-25(30(5,6)15-14-29(24,3)4)18-22(19)17-23-12-13-26(34-23)28(33)31-20(2)27(32)21-10-8-7-9-11-21/h7-13,16,18,20,27,32H,14-15,17H2,1-6H3,(H,31,33)/t20-,27?/m0/s1. The molecule has 4 nitrogen and oxygen atoms in total. The molecular weight excluding hydrogens is 422 g/mol. The Labute approximate surface area is 203 Å². The van der Waals surface area contributed by atoms with Crippen LogP contribution in [0.2, 0.25) is 0 Å². The number of aliphatic hydroxyl groups excluding tert-OH is 1. The van der Waals surface area contributed by atoms with Gasteiger partial charge in [-0.3, -0.25) is 4.79 Å². The molecule has 4 heteroatoms. The van der Waals surface area contributed by atoms with Crippen molar-refractivity contribution < 1.29 is 14.3 Å². The lowest BCUT2D eigenvalue weighted by Crippen LogP contribution is -2.36. The van der Waals surface area contributed by atoms with Gasteiger partial charge in [0.1, 0.15) is 5.76 Å². The van der Waals surface area contributed by atoms with E-state index in [4.69, 9.17) is 4.42 Å². The molecule has 1 amide bonds. The molecule has 0 saturated carbocycles. The Balaban J connectivity index is 1.49. The Morgan fingerprint density at radius 1 is 1.00 bits per heavy atom. The predicted octanol–water partition coefficient (Wildman–Crippen LogP) is 6.38. The number of benzene rings is 2. The van der Waals surface area contributed by atoms with E-state index in [1.54, 1.807) is 13.0 Å². The van der Waals surface area contributed by atoms with Gasteiger partial charge in [-0.2, -0.15) is 0 Å². The normalized spacial score (nSPS) is 18.1. The van der Waals surface area contributed by atoms with Crippen molar-refractivity contribution in [2.45, 2.75) is 83.8 Å². The summed E-state index contributed by atoms with van der Waals surface area (Å²) >= 11 is 0. The smallest absolute Gasteiger partial charge is 0.287 e. The third-order valence-electron chi connectivity index (χ3n) is 7.53. The van der Waals surface area contributed by atoms with E-state index in [-0.39, 0.29) is 22.5 Å². The maximum atomic E-state index is 12.8. The van der Waals surface area contributed by atoms with Gasteiger partial charge in [-0.15, -0.1) is 0 Å². The third kappa shape index (κ3) is 4.83. The number of carbonyl (C=O) groups excluding carboxylic acids is 1. The lowest BCUT2D eigenvalue weighted by molar-refractivity contribution is 0.0824. The van der Waals surface area contributed by atoms with Crippen molar-refractivity contribution in [1.82, 2.24) is 5.32 Å². The SMILES string of the molecule is Cc1cc2c(cc1Cc1ccc(C(=O)N[C@@H](C)C(O)c3ccccc3)o1)C(C)(C)CCC2(C)C. The van der Waals surface area contributed by atoms with Gasteiger partial charge in [0, 0.05) is 6.42 Å². The number of hydrogen-bond donors (Lipinski definition) is 2. The molecule has 0 fully saturated rings. The highest BCUT2D eigenvalue weighted by molar-refractivity contribution is 5.91. The molecular formula is C30H37NO3. The van der Waals surface area contributed by atoms with Crippen LogP contribution in [-0.4, -0.2) is 17.1 Å². The Morgan fingerprint density at radius 3 is 2.26 bits per heavy atom. The van der Waals surface area contributed by atoms with Crippen LogP contribution >= 0.6 is 0 Å². The largest absolute Gasteiger partial charge is 0.456 e. The Kier molecular flexibility index (Phi) is 6.48. The molecule has 1 aliphatic carbocycles. The number of amides is 1. The molecule has 0 saturated heterocycles. The molecule has 1 unspecified atom stereocenters. The zero-order valence-electron chi connectivity index (χ0n) is 21.2. The average Bonchev–Trinajstić information content (AvgIpc) is 3.27. The van der Waals surface area contributed by atoms with Crippen molar-refractivity contribution in [3.8, 4) is 0 Å². The summed E-state index contributed by atoms with van der Waals surface area (Å²) in [7, 11) is 0. The van der Waals surface area contributed by atoms with Crippen molar-refractivity contribution in [3.63, 3.8) is 0 Å². The number of rotatable bonds is 6. The minimum absolute atomic E-state index is 0.150. The molecule has 4 rings (SSSR count). The number of fused-ring (bicyclic) bond motifs is 1. The molecule has 2 atom stereocenters. The second kappa shape index (κ2) is 9.07. The van der Waals surface area contributed by atoms with E-state index in [0.29, 0.717) is 6.42 Å². The van der Waals surface area contributed by atoms with Crippen molar-refractivity contribution in [1.29, 1.82) is 0 Å². The summed E-state index contributed by atoms with van der Waals surface area (Å²) in [5.41, 5.74) is 6.48. The van der Waals surface area contributed by atoms with Gasteiger partial charge in [-0.1, -0.05) is 70.2 Å². The van der Waals surface area contributed by atoms with Crippen LogP contribution in [0.15, 0.2) is 59.0 Å². The zero-order valence-corrected chi connectivity index (χ0v) is 21.2. The number of nitrogens with one attached hydrogen (secondary N) is 1. The summed E-state index contributed by atoms with van der Waals surface area (Å²) in [6, 6.07) is 17.2. The lowest BCUT2D eigenvalue weighted by Gasteiger charge is -2.42. The highest BCUT2D eigenvalue weighted by atomic mass is 16.4. The number of furan rings is 1. The van der Waals surface area contributed by atoms with E-state index in [0.717, 1.165) is 11.3 Å². The third-order valence-corrected chi connectivity index (χ3v) is 7.53. The first-order chi connectivity index (χ1) is 16.0. The number of hydrogen-bond acceptors (Lipinski definition) is 3. The highest BCUT2D eigenvalue weighted by Crippen LogP contribution is 2.46. The van der Waals surface area contributed by atoms with Gasteiger partial charge in [0.05, 0.1) is 12.1 Å². The molecule has 1 heterocycles. The topological polar surface area (TPSA) is 62.5 Å². The molecule has 3 aromatic rings. The van der Waals surface area contributed by atoms with E-state index < -0.39 is 12.1 Å². The van der Waals surface area contributed by atoms with Crippen molar-refractivity contribution >= 4 is 5.91 Å². The lowest BCUT2D eigenvalue weighted by atomic mass is 9.62. The van der Waals surface area contributed by atoms with Gasteiger partial charge in [-0.25, -0.2) is 0 Å². The number of aliphatic hydroxyl groups is 1. The van der Waals surface area contributed by atoms with Crippen LogP contribution in [0.3, 0.4) is 0 Å². The molecule has 0 aliphatic heterocycles. The molecule has 34 heavy (non-hydrogen) atoms. The van der Waals surface area contributed by atoms with Crippen LogP contribution in [0.25, 0.3) is 0 Å². The van der Waals surface area contributed by atoms with Crippen LogP contribution < -0.4 is 5.32 Å². The number of carbonyl (C=O) groups is 1.